The number of rotatable bonds is 11. The van der Waals surface area contributed by atoms with Gasteiger partial charge >= 0.3 is 0 Å². The predicted molar refractivity (Wildman–Crippen MR) is 147 cm³/mol. The van der Waals surface area contributed by atoms with Gasteiger partial charge in [-0.15, -0.1) is 0 Å². The summed E-state index contributed by atoms with van der Waals surface area (Å²) in [5.41, 5.74) is 0.339. The van der Waals surface area contributed by atoms with E-state index in [1.807, 2.05) is 6.07 Å². The highest BCUT2D eigenvalue weighted by atomic mass is 79.9. The maximum Gasteiger partial charge on any atom is 0.271 e. The van der Waals surface area contributed by atoms with E-state index in [1.165, 1.54) is 47.4 Å². The monoisotopic (exact) mass is 602 g/mol. The molecule has 0 aromatic heterocycles. The maximum atomic E-state index is 13.8. The fraction of sp³-hybridized carbons (Fsp3) is 0.231. The highest BCUT2D eigenvalue weighted by molar-refractivity contribution is 9.10. The average Bonchev–Trinajstić information content (AvgIpc) is 2.90. The van der Waals surface area contributed by atoms with Gasteiger partial charge in [-0.1, -0.05) is 52.3 Å². The SMILES string of the molecule is CCNC(=O)[C@@H](C)N(Cc1cccc(Br)c1)C(=O)CN(c1cccc([N+](=O)[O-])c1)S(=O)(=O)c1ccccc1. The van der Waals surface area contributed by atoms with Crippen LogP contribution in [0.4, 0.5) is 11.4 Å². The van der Waals surface area contributed by atoms with Crippen molar-refractivity contribution in [2.75, 3.05) is 17.4 Å². The minimum atomic E-state index is -4.31. The molecule has 1 atom stereocenters. The highest BCUT2D eigenvalue weighted by Crippen LogP contribution is 2.27. The molecular weight excluding hydrogens is 576 g/mol. The molecule has 0 unspecified atom stereocenters. The second-order valence-corrected chi connectivity index (χ2v) is 11.1. The van der Waals surface area contributed by atoms with Crippen LogP contribution in [0.15, 0.2) is 88.2 Å². The van der Waals surface area contributed by atoms with Crippen molar-refractivity contribution in [1.29, 1.82) is 0 Å². The fourth-order valence-electron chi connectivity index (χ4n) is 3.75. The molecule has 0 saturated heterocycles. The van der Waals surface area contributed by atoms with Crippen LogP contribution >= 0.6 is 15.9 Å². The first-order valence-corrected chi connectivity index (χ1v) is 13.9. The molecule has 2 amide bonds. The second-order valence-electron chi connectivity index (χ2n) is 8.32. The summed E-state index contributed by atoms with van der Waals surface area (Å²) in [4.78, 5) is 38.4. The Morgan fingerprint density at radius 2 is 1.71 bits per heavy atom. The Hall–Kier alpha value is -3.77. The van der Waals surface area contributed by atoms with Crippen LogP contribution in [0.2, 0.25) is 0 Å². The van der Waals surface area contributed by atoms with E-state index in [1.54, 1.807) is 38.1 Å². The first kappa shape index (κ1) is 28.8. The number of amides is 2. The van der Waals surface area contributed by atoms with Crippen molar-refractivity contribution < 1.29 is 22.9 Å². The van der Waals surface area contributed by atoms with Gasteiger partial charge in [-0.3, -0.25) is 24.0 Å². The second kappa shape index (κ2) is 12.7. The van der Waals surface area contributed by atoms with E-state index in [2.05, 4.69) is 21.2 Å². The maximum absolute atomic E-state index is 13.8. The van der Waals surface area contributed by atoms with Gasteiger partial charge in [0.25, 0.3) is 15.7 Å². The minimum absolute atomic E-state index is 0.0325. The molecule has 0 heterocycles. The van der Waals surface area contributed by atoms with Gasteiger partial charge in [-0.2, -0.15) is 0 Å². The van der Waals surface area contributed by atoms with Crippen molar-refractivity contribution in [3.8, 4) is 0 Å². The van der Waals surface area contributed by atoms with Crippen molar-refractivity contribution in [1.82, 2.24) is 10.2 Å². The topological polar surface area (TPSA) is 130 Å². The Morgan fingerprint density at radius 1 is 1.03 bits per heavy atom. The number of non-ortho nitro benzene ring substituents is 1. The number of nitro benzene ring substituents is 1. The van der Waals surface area contributed by atoms with Crippen LogP contribution in [0, 0.1) is 10.1 Å². The molecule has 0 radical (unpaired) electrons. The van der Waals surface area contributed by atoms with Crippen molar-refractivity contribution in [2.45, 2.75) is 31.3 Å². The Kier molecular flexibility index (Phi) is 9.59. The molecular formula is C26H27BrN4O6S. The van der Waals surface area contributed by atoms with Gasteiger partial charge in [0.2, 0.25) is 11.8 Å². The van der Waals surface area contributed by atoms with Gasteiger partial charge in [0, 0.05) is 29.7 Å². The molecule has 3 aromatic rings. The van der Waals surface area contributed by atoms with E-state index in [-0.39, 0.29) is 22.8 Å². The number of carbonyl (C=O) groups excluding carboxylic acids is 2. The summed E-state index contributed by atoms with van der Waals surface area (Å²) in [6, 6.07) is 18.8. The normalized spacial score (nSPS) is 11.9. The molecule has 200 valence electrons. The number of hydrogen-bond donors (Lipinski definition) is 1. The lowest BCUT2D eigenvalue weighted by molar-refractivity contribution is -0.384. The number of sulfonamides is 1. The number of likely N-dealkylation sites (N-methyl/N-ethyl adjacent to an activating group) is 1. The molecule has 10 nitrogen and oxygen atoms in total. The van der Waals surface area contributed by atoms with E-state index < -0.39 is 39.3 Å². The molecule has 0 spiro atoms. The molecule has 0 fully saturated rings. The van der Waals surface area contributed by atoms with E-state index >= 15 is 0 Å². The molecule has 12 heteroatoms. The molecule has 3 aromatic carbocycles. The smallest absolute Gasteiger partial charge is 0.271 e. The number of nitrogens with zero attached hydrogens (tertiary/aromatic N) is 3. The Labute approximate surface area is 229 Å². The molecule has 0 bridgehead atoms. The highest BCUT2D eigenvalue weighted by Gasteiger charge is 2.33. The molecule has 0 aliphatic rings. The summed E-state index contributed by atoms with van der Waals surface area (Å²) >= 11 is 3.40. The molecule has 3 rings (SSSR count). The third-order valence-corrected chi connectivity index (χ3v) is 7.98. The summed E-state index contributed by atoms with van der Waals surface area (Å²) in [5, 5.41) is 14.1. The summed E-state index contributed by atoms with van der Waals surface area (Å²) in [6.07, 6.45) is 0. The third kappa shape index (κ3) is 6.95. The summed E-state index contributed by atoms with van der Waals surface area (Å²) in [6.45, 7) is 3.01. The molecule has 0 saturated carbocycles. The predicted octanol–water partition coefficient (Wildman–Crippen LogP) is 4.11. The van der Waals surface area contributed by atoms with Crippen LogP contribution in [-0.4, -0.2) is 49.2 Å². The molecule has 1 N–H and O–H groups in total. The van der Waals surface area contributed by atoms with E-state index in [0.29, 0.717) is 6.54 Å². The molecule has 0 aliphatic carbocycles. The number of nitro groups is 1. The quantitative estimate of drug-likeness (QED) is 0.260. The lowest BCUT2D eigenvalue weighted by Crippen LogP contribution is -2.51. The molecule has 0 aliphatic heterocycles. The fourth-order valence-corrected chi connectivity index (χ4v) is 5.62. The van der Waals surface area contributed by atoms with Crippen LogP contribution in [0.1, 0.15) is 19.4 Å². The van der Waals surface area contributed by atoms with Gasteiger partial charge in [-0.05, 0) is 49.7 Å². The van der Waals surface area contributed by atoms with E-state index in [9.17, 15) is 28.1 Å². The number of nitrogens with one attached hydrogen (secondary N) is 1. The van der Waals surface area contributed by atoms with Gasteiger partial charge in [0.15, 0.2) is 0 Å². The summed E-state index contributed by atoms with van der Waals surface area (Å²) in [5.74, 6) is -1.06. The van der Waals surface area contributed by atoms with Gasteiger partial charge in [0.1, 0.15) is 12.6 Å². The number of benzene rings is 3. The van der Waals surface area contributed by atoms with E-state index in [0.717, 1.165) is 20.4 Å². The number of halogens is 1. The van der Waals surface area contributed by atoms with Crippen LogP contribution in [0.5, 0.6) is 0 Å². The number of carbonyl (C=O) groups is 2. The summed E-state index contributed by atoms with van der Waals surface area (Å²) in [7, 11) is -4.31. The zero-order chi connectivity index (χ0) is 27.9. The average molecular weight is 603 g/mol. The largest absolute Gasteiger partial charge is 0.355 e. The van der Waals surface area contributed by atoms with E-state index in [4.69, 9.17) is 0 Å². The van der Waals surface area contributed by atoms with Gasteiger partial charge in [0.05, 0.1) is 15.5 Å². The zero-order valence-electron chi connectivity index (χ0n) is 20.8. The van der Waals surface area contributed by atoms with Crippen molar-refractivity contribution in [3.05, 3.63) is 99.0 Å². The lowest BCUT2D eigenvalue weighted by Gasteiger charge is -2.32. The lowest BCUT2D eigenvalue weighted by atomic mass is 10.1. The summed E-state index contributed by atoms with van der Waals surface area (Å²) < 4.78 is 29.0. The van der Waals surface area contributed by atoms with Crippen LogP contribution in [0.3, 0.4) is 0 Å². The van der Waals surface area contributed by atoms with Crippen molar-refractivity contribution in [2.24, 2.45) is 0 Å². The Bertz CT molecular complexity index is 1420. The Balaban J connectivity index is 2.06. The minimum Gasteiger partial charge on any atom is -0.355 e. The third-order valence-electron chi connectivity index (χ3n) is 5.70. The van der Waals surface area contributed by atoms with Gasteiger partial charge in [-0.25, -0.2) is 8.42 Å². The van der Waals surface area contributed by atoms with Crippen LogP contribution < -0.4 is 9.62 Å². The Morgan fingerprint density at radius 3 is 2.34 bits per heavy atom. The number of hydrogen-bond acceptors (Lipinski definition) is 6. The molecule has 38 heavy (non-hydrogen) atoms. The van der Waals surface area contributed by atoms with Gasteiger partial charge < -0.3 is 10.2 Å². The van der Waals surface area contributed by atoms with Crippen LogP contribution in [0.25, 0.3) is 0 Å². The van der Waals surface area contributed by atoms with Crippen molar-refractivity contribution >= 4 is 49.1 Å². The number of anilines is 1. The first-order chi connectivity index (χ1) is 18.0. The first-order valence-electron chi connectivity index (χ1n) is 11.7. The van der Waals surface area contributed by atoms with Crippen LogP contribution in [-0.2, 0) is 26.2 Å². The zero-order valence-corrected chi connectivity index (χ0v) is 23.2. The standard InChI is InChI=1S/C26H27BrN4O6S/c1-3-28-26(33)19(2)29(17-20-9-7-10-21(27)15-20)25(32)18-30(22-11-8-12-23(16-22)31(34)35)38(36,37)24-13-5-4-6-14-24/h4-16,19H,3,17-18H2,1-2H3,(H,28,33)/t19-/m1/s1. The van der Waals surface area contributed by atoms with Crippen molar-refractivity contribution in [3.63, 3.8) is 0 Å².